The van der Waals surface area contributed by atoms with Crippen LogP contribution in [0.25, 0.3) is 0 Å². The number of rotatable bonds is 2. The fourth-order valence-electron chi connectivity index (χ4n) is 1.71. The van der Waals surface area contributed by atoms with Crippen LogP contribution in [0.3, 0.4) is 0 Å². The number of carbonyl (C=O) groups excluding carboxylic acids is 1. The zero-order valence-electron chi connectivity index (χ0n) is 9.13. The molecule has 1 N–H and O–H groups in total. The number of thioether (sulfide) groups is 1. The Labute approximate surface area is 108 Å². The van der Waals surface area contributed by atoms with Gasteiger partial charge in [-0.2, -0.15) is 11.8 Å². The number of aryl methyl sites for hydroxylation is 1. The van der Waals surface area contributed by atoms with Gasteiger partial charge in [0.1, 0.15) is 0 Å². The largest absolute Gasteiger partial charge is 0.326 e. The predicted molar refractivity (Wildman–Crippen MR) is 72.9 cm³/mol. The normalized spacial score (nSPS) is 19.8. The van der Waals surface area contributed by atoms with Crippen molar-refractivity contribution in [3.63, 3.8) is 0 Å². The van der Waals surface area contributed by atoms with Crippen LogP contribution in [0.1, 0.15) is 12.0 Å². The molecule has 2 nitrogen and oxygen atoms in total. The van der Waals surface area contributed by atoms with E-state index in [9.17, 15) is 4.79 Å². The molecule has 1 aliphatic rings. The third kappa shape index (κ3) is 2.80. The Morgan fingerprint density at radius 2 is 2.38 bits per heavy atom. The van der Waals surface area contributed by atoms with Crippen molar-refractivity contribution in [1.29, 1.82) is 0 Å². The molecule has 1 aliphatic heterocycles. The molecule has 1 unspecified atom stereocenters. The summed E-state index contributed by atoms with van der Waals surface area (Å²) in [6.45, 7) is 2.02. The molecule has 0 aromatic heterocycles. The zero-order valence-corrected chi connectivity index (χ0v) is 11.5. The first-order chi connectivity index (χ1) is 7.66. The summed E-state index contributed by atoms with van der Waals surface area (Å²) in [6, 6.07) is 5.88. The highest BCUT2D eigenvalue weighted by atomic mass is 79.9. The highest BCUT2D eigenvalue weighted by Gasteiger charge is 2.23. The topological polar surface area (TPSA) is 29.1 Å². The van der Waals surface area contributed by atoms with Gasteiger partial charge in [-0.15, -0.1) is 0 Å². The summed E-state index contributed by atoms with van der Waals surface area (Å²) in [4.78, 5) is 11.9. The van der Waals surface area contributed by atoms with Gasteiger partial charge in [0, 0.05) is 21.8 Å². The molecule has 16 heavy (non-hydrogen) atoms. The lowest BCUT2D eigenvalue weighted by atomic mass is 10.1. The van der Waals surface area contributed by atoms with Crippen LogP contribution < -0.4 is 5.32 Å². The van der Waals surface area contributed by atoms with E-state index < -0.39 is 0 Å². The quantitative estimate of drug-likeness (QED) is 0.906. The monoisotopic (exact) mass is 299 g/mol. The lowest BCUT2D eigenvalue weighted by Crippen LogP contribution is -2.22. The van der Waals surface area contributed by atoms with Gasteiger partial charge in [-0.1, -0.05) is 15.9 Å². The highest BCUT2D eigenvalue weighted by molar-refractivity contribution is 9.10. The average molecular weight is 300 g/mol. The van der Waals surface area contributed by atoms with Gasteiger partial charge in [0.05, 0.1) is 0 Å². The fourth-order valence-corrected chi connectivity index (χ4v) is 3.18. The van der Waals surface area contributed by atoms with Crippen LogP contribution in [0.4, 0.5) is 5.69 Å². The van der Waals surface area contributed by atoms with Gasteiger partial charge in [0.25, 0.3) is 0 Å². The molecule has 1 aromatic carbocycles. The van der Waals surface area contributed by atoms with Crippen molar-refractivity contribution in [2.24, 2.45) is 5.92 Å². The Morgan fingerprint density at radius 1 is 1.56 bits per heavy atom. The predicted octanol–water partition coefficient (Wildman–Crippen LogP) is 3.45. The number of nitrogens with one attached hydrogen (secondary N) is 1. The minimum Gasteiger partial charge on any atom is -0.326 e. The molecule has 1 heterocycles. The van der Waals surface area contributed by atoms with Crippen molar-refractivity contribution in [1.82, 2.24) is 0 Å². The van der Waals surface area contributed by atoms with E-state index in [1.807, 2.05) is 36.9 Å². The van der Waals surface area contributed by atoms with Gasteiger partial charge in [-0.05, 0) is 42.9 Å². The van der Waals surface area contributed by atoms with Crippen LogP contribution >= 0.6 is 27.7 Å². The first-order valence-corrected chi connectivity index (χ1v) is 7.26. The van der Waals surface area contributed by atoms with Crippen LogP contribution in [-0.4, -0.2) is 17.4 Å². The second kappa shape index (κ2) is 5.23. The van der Waals surface area contributed by atoms with Crippen molar-refractivity contribution in [3.8, 4) is 0 Å². The summed E-state index contributed by atoms with van der Waals surface area (Å²) in [5.74, 6) is 2.42. The van der Waals surface area contributed by atoms with Gasteiger partial charge in [0.15, 0.2) is 0 Å². The minimum absolute atomic E-state index is 0.159. The van der Waals surface area contributed by atoms with Crippen molar-refractivity contribution in [3.05, 3.63) is 28.2 Å². The fraction of sp³-hybridized carbons (Fsp3) is 0.417. The van der Waals surface area contributed by atoms with E-state index in [-0.39, 0.29) is 11.8 Å². The second-order valence-electron chi connectivity index (χ2n) is 4.01. The lowest BCUT2D eigenvalue weighted by Gasteiger charge is -2.10. The van der Waals surface area contributed by atoms with Crippen molar-refractivity contribution >= 4 is 39.3 Å². The smallest absolute Gasteiger partial charge is 0.228 e. The minimum atomic E-state index is 0.159. The standard InChI is InChI=1S/C12H14BrNOS/c1-8-6-10(2-3-11(8)13)14-12(15)9-4-5-16-7-9/h2-3,6,9H,4-5,7H2,1H3,(H,14,15). The summed E-state index contributed by atoms with van der Waals surface area (Å²) >= 11 is 5.30. The van der Waals surface area contributed by atoms with E-state index in [1.54, 1.807) is 0 Å². The van der Waals surface area contributed by atoms with Crippen LogP contribution in [0.15, 0.2) is 22.7 Å². The molecule has 0 radical (unpaired) electrons. The molecule has 1 atom stereocenters. The third-order valence-corrected chi connectivity index (χ3v) is 4.78. The number of hydrogen-bond donors (Lipinski definition) is 1. The molecule has 1 saturated heterocycles. The molecule has 4 heteroatoms. The Kier molecular flexibility index (Phi) is 3.92. The summed E-state index contributed by atoms with van der Waals surface area (Å²) in [5, 5.41) is 2.98. The van der Waals surface area contributed by atoms with Gasteiger partial charge < -0.3 is 5.32 Å². The molecular weight excluding hydrogens is 286 g/mol. The first-order valence-electron chi connectivity index (χ1n) is 5.31. The summed E-state index contributed by atoms with van der Waals surface area (Å²) < 4.78 is 1.07. The molecule has 0 aliphatic carbocycles. The van der Waals surface area contributed by atoms with Gasteiger partial charge >= 0.3 is 0 Å². The number of hydrogen-bond acceptors (Lipinski definition) is 2. The molecule has 2 rings (SSSR count). The Hall–Kier alpha value is -0.480. The third-order valence-electron chi connectivity index (χ3n) is 2.73. The molecule has 86 valence electrons. The molecule has 0 bridgehead atoms. The molecule has 0 spiro atoms. The molecule has 0 saturated carbocycles. The Bertz CT molecular complexity index is 402. The van der Waals surface area contributed by atoms with E-state index >= 15 is 0 Å². The van der Waals surface area contributed by atoms with Crippen molar-refractivity contribution < 1.29 is 4.79 Å². The van der Waals surface area contributed by atoms with E-state index in [0.717, 1.165) is 33.7 Å². The van der Waals surface area contributed by atoms with Crippen LogP contribution in [0, 0.1) is 12.8 Å². The van der Waals surface area contributed by atoms with Gasteiger partial charge in [0.2, 0.25) is 5.91 Å². The van der Waals surface area contributed by atoms with E-state index in [4.69, 9.17) is 0 Å². The number of amides is 1. The van der Waals surface area contributed by atoms with E-state index in [1.165, 1.54) is 0 Å². The second-order valence-corrected chi connectivity index (χ2v) is 6.02. The van der Waals surface area contributed by atoms with Crippen molar-refractivity contribution in [2.75, 3.05) is 16.8 Å². The molecule has 1 aromatic rings. The Morgan fingerprint density at radius 3 is 3.00 bits per heavy atom. The SMILES string of the molecule is Cc1cc(NC(=O)C2CCSC2)ccc1Br. The Balaban J connectivity index is 2.02. The maximum Gasteiger partial charge on any atom is 0.228 e. The van der Waals surface area contributed by atoms with Crippen molar-refractivity contribution in [2.45, 2.75) is 13.3 Å². The lowest BCUT2D eigenvalue weighted by molar-refractivity contribution is -0.119. The maximum atomic E-state index is 11.9. The molecule has 1 amide bonds. The summed E-state index contributed by atoms with van der Waals surface area (Å²) in [7, 11) is 0. The van der Waals surface area contributed by atoms with E-state index in [2.05, 4.69) is 21.2 Å². The average Bonchev–Trinajstić information content (AvgIpc) is 2.77. The number of carbonyl (C=O) groups is 1. The molecule has 1 fully saturated rings. The first kappa shape index (κ1) is 12.0. The summed E-state index contributed by atoms with van der Waals surface area (Å²) in [6.07, 6.45) is 1.01. The van der Waals surface area contributed by atoms with Gasteiger partial charge in [-0.25, -0.2) is 0 Å². The zero-order chi connectivity index (χ0) is 11.5. The molecular formula is C12H14BrNOS. The van der Waals surface area contributed by atoms with E-state index in [0.29, 0.717) is 0 Å². The van der Waals surface area contributed by atoms with Crippen LogP contribution in [0.2, 0.25) is 0 Å². The number of halogens is 1. The maximum absolute atomic E-state index is 11.9. The number of anilines is 1. The van der Waals surface area contributed by atoms with Crippen LogP contribution in [0.5, 0.6) is 0 Å². The highest BCUT2D eigenvalue weighted by Crippen LogP contribution is 2.25. The number of benzene rings is 1. The summed E-state index contributed by atoms with van der Waals surface area (Å²) in [5.41, 5.74) is 2.03. The van der Waals surface area contributed by atoms with Crippen LogP contribution in [-0.2, 0) is 4.79 Å². The van der Waals surface area contributed by atoms with Gasteiger partial charge in [-0.3, -0.25) is 4.79 Å².